The molecule has 1 heterocycles. The van der Waals surface area contributed by atoms with Gasteiger partial charge in [0.25, 0.3) is 0 Å². The van der Waals surface area contributed by atoms with E-state index < -0.39 is 36.5 Å². The van der Waals surface area contributed by atoms with Gasteiger partial charge in [0.2, 0.25) is 0 Å². The Hall–Kier alpha value is -1.93. The number of carbonyl (C=O) groups is 1. The average Bonchev–Trinajstić information content (AvgIpc) is 2.46. The molecule has 1 saturated heterocycles. The number of aliphatic hydroxyl groups is 3. The van der Waals surface area contributed by atoms with Crippen LogP contribution in [0, 0.1) is 5.92 Å². The fourth-order valence-electron chi connectivity index (χ4n) is 2.53. The zero-order chi connectivity index (χ0) is 16.4. The lowest BCUT2D eigenvalue weighted by Gasteiger charge is -2.39. The van der Waals surface area contributed by atoms with Crippen molar-refractivity contribution in [1.82, 2.24) is 0 Å². The molecule has 5 atom stereocenters. The van der Waals surface area contributed by atoms with Crippen LogP contribution in [0.25, 0.3) is 6.08 Å². The van der Waals surface area contributed by atoms with Crippen LogP contribution in [-0.2, 0) is 9.53 Å². The van der Waals surface area contributed by atoms with E-state index in [1.54, 1.807) is 0 Å². The fourth-order valence-corrected chi connectivity index (χ4v) is 2.53. The quantitative estimate of drug-likeness (QED) is 0.495. The van der Waals surface area contributed by atoms with Crippen LogP contribution < -0.4 is 0 Å². The molecular weight excluding hydrogens is 292 g/mol. The van der Waals surface area contributed by atoms with Crippen molar-refractivity contribution >= 4 is 12.0 Å². The first-order chi connectivity index (χ1) is 10.3. The van der Waals surface area contributed by atoms with Gasteiger partial charge in [-0.3, -0.25) is 0 Å². The topological polar surface area (TPSA) is 127 Å². The summed E-state index contributed by atoms with van der Waals surface area (Å²) in [5.41, 5.74) is 0.354. The van der Waals surface area contributed by atoms with Crippen LogP contribution in [0.4, 0.5) is 0 Å². The van der Waals surface area contributed by atoms with E-state index in [-0.39, 0.29) is 11.3 Å². The Bertz CT molecular complexity index is 566. The molecule has 1 aromatic carbocycles. The smallest absolute Gasteiger partial charge is 0.332 e. The molecule has 0 unspecified atom stereocenters. The summed E-state index contributed by atoms with van der Waals surface area (Å²) in [5.74, 6) is -2.23. The zero-order valence-corrected chi connectivity index (χ0v) is 11.8. The van der Waals surface area contributed by atoms with Gasteiger partial charge in [0, 0.05) is 11.5 Å². The molecule has 0 saturated carbocycles. The first-order valence-corrected chi connectivity index (χ1v) is 6.75. The minimum absolute atomic E-state index is 0.0435. The van der Waals surface area contributed by atoms with Gasteiger partial charge < -0.3 is 30.3 Å². The number of phenols is 1. The summed E-state index contributed by atoms with van der Waals surface area (Å²) < 4.78 is 5.07. The second-order valence-electron chi connectivity index (χ2n) is 5.24. The third kappa shape index (κ3) is 3.28. The number of phenolic OH excluding ortho intramolecular Hbond substituents is 1. The van der Waals surface area contributed by atoms with Crippen LogP contribution in [0.2, 0.25) is 0 Å². The van der Waals surface area contributed by atoms with Gasteiger partial charge in [0.05, 0.1) is 12.2 Å². The number of hydrogen-bond acceptors (Lipinski definition) is 6. The zero-order valence-electron chi connectivity index (χ0n) is 11.8. The summed E-state index contributed by atoms with van der Waals surface area (Å²) in [6, 6.07) is 5.84. The molecule has 7 heteroatoms. The van der Waals surface area contributed by atoms with Crippen LogP contribution in [-0.4, -0.2) is 56.1 Å². The molecule has 120 valence electrons. The van der Waals surface area contributed by atoms with E-state index in [9.17, 15) is 30.3 Å². The molecule has 1 aliphatic heterocycles. The molecule has 2 rings (SSSR count). The number of aromatic hydroxyl groups is 1. The molecule has 7 nitrogen and oxygen atoms in total. The normalized spacial score (nSPS) is 32.7. The highest BCUT2D eigenvalue weighted by Crippen LogP contribution is 2.32. The Morgan fingerprint density at radius 3 is 2.27 bits per heavy atom. The van der Waals surface area contributed by atoms with Crippen molar-refractivity contribution < 1.29 is 35.1 Å². The van der Waals surface area contributed by atoms with Crippen LogP contribution in [0.1, 0.15) is 12.5 Å². The van der Waals surface area contributed by atoms with E-state index in [1.807, 2.05) is 0 Å². The fraction of sp³-hybridized carbons (Fsp3) is 0.400. The van der Waals surface area contributed by atoms with Gasteiger partial charge in [0.15, 0.2) is 6.29 Å². The molecule has 0 radical (unpaired) electrons. The van der Waals surface area contributed by atoms with Crippen molar-refractivity contribution in [3.63, 3.8) is 0 Å². The minimum atomic E-state index is -1.59. The Morgan fingerprint density at radius 1 is 1.14 bits per heavy atom. The van der Waals surface area contributed by atoms with E-state index >= 15 is 0 Å². The molecule has 22 heavy (non-hydrogen) atoms. The Labute approximate surface area is 126 Å². The third-order valence-corrected chi connectivity index (χ3v) is 3.69. The minimum Gasteiger partial charge on any atom is -0.508 e. The van der Waals surface area contributed by atoms with Gasteiger partial charge in [0.1, 0.15) is 11.9 Å². The first kappa shape index (κ1) is 16.4. The number of carboxylic acid groups (broad SMARTS) is 1. The van der Waals surface area contributed by atoms with Crippen LogP contribution in [0.3, 0.4) is 0 Å². The lowest BCUT2D eigenvalue weighted by molar-refractivity contribution is -0.259. The Kier molecular flexibility index (Phi) is 4.82. The Balaban J connectivity index is 2.38. The summed E-state index contributed by atoms with van der Waals surface area (Å²) >= 11 is 0. The number of hydrogen-bond donors (Lipinski definition) is 5. The molecule has 0 aromatic heterocycles. The molecule has 1 fully saturated rings. The highest BCUT2D eigenvalue weighted by molar-refractivity contribution is 5.93. The van der Waals surface area contributed by atoms with Gasteiger partial charge in [-0.05, 0) is 30.7 Å². The van der Waals surface area contributed by atoms with Gasteiger partial charge in [-0.1, -0.05) is 12.1 Å². The van der Waals surface area contributed by atoms with Crippen molar-refractivity contribution in [2.45, 2.75) is 31.5 Å². The summed E-state index contributed by atoms with van der Waals surface area (Å²) in [6.07, 6.45) is -4.10. The average molecular weight is 310 g/mol. The number of aliphatic carboxylic acids is 1. The largest absolute Gasteiger partial charge is 0.508 e. The highest BCUT2D eigenvalue weighted by Gasteiger charge is 2.45. The predicted molar refractivity (Wildman–Crippen MR) is 75.8 cm³/mol. The van der Waals surface area contributed by atoms with E-state index in [0.29, 0.717) is 5.56 Å². The van der Waals surface area contributed by atoms with Gasteiger partial charge in [-0.25, -0.2) is 4.79 Å². The monoisotopic (exact) mass is 310 g/mol. The molecule has 1 aromatic rings. The van der Waals surface area contributed by atoms with Gasteiger partial charge >= 0.3 is 5.97 Å². The maximum absolute atomic E-state index is 11.5. The summed E-state index contributed by atoms with van der Waals surface area (Å²) in [5, 5.41) is 47.9. The molecule has 0 bridgehead atoms. The maximum atomic E-state index is 11.5. The van der Waals surface area contributed by atoms with Crippen molar-refractivity contribution in [3.05, 3.63) is 35.4 Å². The van der Waals surface area contributed by atoms with E-state index in [0.717, 1.165) is 0 Å². The number of aliphatic hydroxyl groups excluding tert-OH is 3. The standard InChI is InChI=1S/C15H18O7/c1-7-11(12(17)13(18)15(21)22-7)10(14(19)20)6-8-2-4-9(16)5-3-8/h2-7,11-13,15-18,21H,1H3,(H,19,20)/b10-6+/t7-,11+,12-,13+,15+/m0/s1. The first-order valence-electron chi connectivity index (χ1n) is 6.75. The second-order valence-corrected chi connectivity index (χ2v) is 5.24. The molecule has 0 spiro atoms. The third-order valence-electron chi connectivity index (χ3n) is 3.69. The number of carboxylic acids is 1. The summed E-state index contributed by atoms with van der Waals surface area (Å²) in [6.45, 7) is 1.51. The van der Waals surface area contributed by atoms with Crippen LogP contribution in [0.15, 0.2) is 29.8 Å². The van der Waals surface area contributed by atoms with Crippen LogP contribution in [0.5, 0.6) is 5.75 Å². The van der Waals surface area contributed by atoms with Crippen molar-refractivity contribution in [1.29, 1.82) is 0 Å². The van der Waals surface area contributed by atoms with E-state index in [4.69, 9.17) is 4.74 Å². The maximum Gasteiger partial charge on any atom is 0.332 e. The summed E-state index contributed by atoms with van der Waals surface area (Å²) in [4.78, 5) is 11.5. The van der Waals surface area contributed by atoms with Gasteiger partial charge in [-0.15, -0.1) is 0 Å². The Morgan fingerprint density at radius 2 is 1.73 bits per heavy atom. The van der Waals surface area contributed by atoms with Crippen molar-refractivity contribution in [2.24, 2.45) is 5.92 Å². The lowest BCUT2D eigenvalue weighted by Crippen LogP contribution is -2.54. The molecule has 0 amide bonds. The highest BCUT2D eigenvalue weighted by atomic mass is 16.6. The predicted octanol–water partition coefficient (Wildman–Crippen LogP) is -0.0647. The molecule has 5 N–H and O–H groups in total. The summed E-state index contributed by atoms with van der Waals surface area (Å²) in [7, 11) is 0. The van der Waals surface area contributed by atoms with Crippen molar-refractivity contribution in [3.8, 4) is 5.75 Å². The molecule has 1 aliphatic rings. The number of benzene rings is 1. The van der Waals surface area contributed by atoms with Gasteiger partial charge in [-0.2, -0.15) is 0 Å². The lowest BCUT2D eigenvalue weighted by atomic mass is 9.82. The molecular formula is C15H18O7. The SMILES string of the molecule is C[C@@H]1O[C@@H](O)[C@H](O)[C@@H](O)[C@H]1/C(=C\c1ccc(O)cc1)C(=O)O. The van der Waals surface area contributed by atoms with E-state index in [2.05, 4.69) is 0 Å². The van der Waals surface area contributed by atoms with Crippen molar-refractivity contribution in [2.75, 3.05) is 0 Å². The second kappa shape index (κ2) is 6.45. The molecule has 0 aliphatic carbocycles. The van der Waals surface area contributed by atoms with E-state index in [1.165, 1.54) is 37.3 Å². The number of ether oxygens (including phenoxy) is 1. The number of rotatable bonds is 3. The van der Waals surface area contributed by atoms with Crippen LogP contribution >= 0.6 is 0 Å².